The summed E-state index contributed by atoms with van der Waals surface area (Å²) in [6, 6.07) is 11.4. The summed E-state index contributed by atoms with van der Waals surface area (Å²) >= 11 is 0. The highest BCUT2D eigenvalue weighted by atomic mass is 19.1. The van der Waals surface area contributed by atoms with Gasteiger partial charge in [0.2, 0.25) is 5.91 Å². The van der Waals surface area contributed by atoms with Crippen molar-refractivity contribution >= 4 is 22.7 Å². The lowest BCUT2D eigenvalue weighted by atomic mass is 10.1. The summed E-state index contributed by atoms with van der Waals surface area (Å²) in [5.74, 6) is -1.15. The molecule has 23 heavy (non-hydrogen) atoms. The van der Waals surface area contributed by atoms with Gasteiger partial charge in [-0.1, -0.05) is 18.2 Å². The number of carbonyl (C=O) groups excluding carboxylic acids is 1. The summed E-state index contributed by atoms with van der Waals surface area (Å²) < 4.78 is 19.9. The highest BCUT2D eigenvalue weighted by Gasteiger charge is 2.09. The van der Waals surface area contributed by atoms with E-state index in [-0.39, 0.29) is 18.0 Å². The number of halogens is 1. The highest BCUT2D eigenvalue weighted by molar-refractivity contribution is 5.91. The van der Waals surface area contributed by atoms with E-state index in [9.17, 15) is 14.0 Å². The molecule has 1 aromatic heterocycles. The van der Waals surface area contributed by atoms with Gasteiger partial charge in [0.15, 0.2) is 5.58 Å². The largest absolute Gasteiger partial charge is 0.419 e. The number of benzene rings is 2. The van der Waals surface area contributed by atoms with Gasteiger partial charge in [0.05, 0.1) is 11.2 Å². The van der Waals surface area contributed by atoms with Crippen LogP contribution in [0.15, 0.2) is 51.7 Å². The van der Waals surface area contributed by atoms with Crippen molar-refractivity contribution < 1.29 is 13.6 Å². The number of nitrogens with zero attached hydrogens (tertiary/aromatic N) is 1. The third-order valence-electron chi connectivity index (χ3n) is 3.64. The second-order valence-electron chi connectivity index (χ2n) is 5.26. The summed E-state index contributed by atoms with van der Waals surface area (Å²) in [5.41, 5.74) is 2.27. The number of hydrogen-bond donors (Lipinski definition) is 1. The van der Waals surface area contributed by atoms with E-state index >= 15 is 0 Å². The van der Waals surface area contributed by atoms with Crippen LogP contribution in [-0.4, -0.2) is 10.5 Å². The first-order valence-corrected chi connectivity index (χ1v) is 7.17. The molecule has 118 valence electrons. The van der Waals surface area contributed by atoms with Crippen LogP contribution in [0.2, 0.25) is 0 Å². The van der Waals surface area contributed by atoms with Crippen molar-refractivity contribution in [1.82, 2.24) is 4.57 Å². The van der Waals surface area contributed by atoms with Gasteiger partial charge in [0.25, 0.3) is 0 Å². The molecule has 1 amide bonds. The number of para-hydroxylation sites is 1. The molecule has 3 aromatic rings. The summed E-state index contributed by atoms with van der Waals surface area (Å²) in [6.45, 7) is 0. The fourth-order valence-corrected chi connectivity index (χ4v) is 2.36. The highest BCUT2D eigenvalue weighted by Crippen LogP contribution is 2.16. The lowest BCUT2D eigenvalue weighted by Crippen LogP contribution is -2.13. The van der Waals surface area contributed by atoms with Crippen LogP contribution in [0.5, 0.6) is 0 Å². The van der Waals surface area contributed by atoms with E-state index in [4.69, 9.17) is 4.42 Å². The number of oxazole rings is 1. The number of anilines is 1. The maximum atomic E-state index is 13.5. The fraction of sp³-hybridized carbons (Fsp3) is 0.176. The molecule has 0 unspecified atom stereocenters. The van der Waals surface area contributed by atoms with Crippen molar-refractivity contribution in [3.8, 4) is 0 Å². The van der Waals surface area contributed by atoms with E-state index in [2.05, 4.69) is 5.32 Å². The van der Waals surface area contributed by atoms with Gasteiger partial charge in [0.1, 0.15) is 5.82 Å². The second-order valence-corrected chi connectivity index (χ2v) is 5.26. The predicted molar refractivity (Wildman–Crippen MR) is 84.8 cm³/mol. The van der Waals surface area contributed by atoms with Crippen molar-refractivity contribution in [2.75, 3.05) is 5.32 Å². The maximum Gasteiger partial charge on any atom is 0.419 e. The molecule has 1 heterocycles. The van der Waals surface area contributed by atoms with Crippen LogP contribution in [0.4, 0.5) is 10.1 Å². The standard InChI is InChI=1S/C17H15FN2O3/c1-20-14-10-11(6-8-15(14)23-17(20)22)7-9-16(21)19-13-5-3-2-4-12(13)18/h2-6,8,10H,7,9H2,1H3,(H,19,21). The van der Waals surface area contributed by atoms with Gasteiger partial charge in [0, 0.05) is 13.5 Å². The van der Waals surface area contributed by atoms with Gasteiger partial charge < -0.3 is 9.73 Å². The fourth-order valence-electron chi connectivity index (χ4n) is 2.36. The van der Waals surface area contributed by atoms with Crippen molar-refractivity contribution in [2.45, 2.75) is 12.8 Å². The predicted octanol–water partition coefficient (Wildman–Crippen LogP) is 2.84. The lowest BCUT2D eigenvalue weighted by Gasteiger charge is -2.06. The van der Waals surface area contributed by atoms with Crippen molar-refractivity contribution in [3.63, 3.8) is 0 Å². The Morgan fingerprint density at radius 1 is 1.26 bits per heavy atom. The number of aryl methyl sites for hydroxylation is 2. The van der Waals surface area contributed by atoms with Crippen LogP contribution < -0.4 is 11.1 Å². The van der Waals surface area contributed by atoms with E-state index in [1.807, 2.05) is 12.1 Å². The first kappa shape index (κ1) is 15.0. The molecule has 0 atom stereocenters. The second kappa shape index (κ2) is 6.08. The normalized spacial score (nSPS) is 10.9. The Labute approximate surface area is 131 Å². The molecule has 0 aliphatic carbocycles. The minimum atomic E-state index is -0.462. The zero-order valence-corrected chi connectivity index (χ0v) is 12.5. The average molecular weight is 314 g/mol. The minimum Gasteiger partial charge on any atom is -0.408 e. The SMILES string of the molecule is Cn1c(=O)oc2ccc(CCC(=O)Nc3ccccc3F)cc21. The first-order valence-electron chi connectivity index (χ1n) is 7.17. The third kappa shape index (κ3) is 3.15. The number of hydrogen-bond acceptors (Lipinski definition) is 3. The van der Waals surface area contributed by atoms with Gasteiger partial charge >= 0.3 is 5.76 Å². The number of rotatable bonds is 4. The van der Waals surface area contributed by atoms with E-state index in [0.717, 1.165) is 5.56 Å². The maximum absolute atomic E-state index is 13.5. The quantitative estimate of drug-likeness (QED) is 0.805. The van der Waals surface area contributed by atoms with Gasteiger partial charge in [-0.15, -0.1) is 0 Å². The van der Waals surface area contributed by atoms with E-state index < -0.39 is 11.6 Å². The number of amides is 1. The van der Waals surface area contributed by atoms with Gasteiger partial charge in [-0.25, -0.2) is 9.18 Å². The zero-order valence-electron chi connectivity index (χ0n) is 12.5. The van der Waals surface area contributed by atoms with Crippen LogP contribution in [0, 0.1) is 5.82 Å². The molecule has 3 rings (SSSR count). The molecular formula is C17H15FN2O3. The van der Waals surface area contributed by atoms with E-state index in [0.29, 0.717) is 17.5 Å². The van der Waals surface area contributed by atoms with Gasteiger partial charge in [-0.2, -0.15) is 0 Å². The molecule has 0 aliphatic rings. The number of fused-ring (bicyclic) bond motifs is 1. The Hall–Kier alpha value is -2.89. The summed E-state index contributed by atoms with van der Waals surface area (Å²) in [5, 5.41) is 2.55. The Balaban J connectivity index is 1.68. The summed E-state index contributed by atoms with van der Waals surface area (Å²) in [7, 11) is 1.63. The number of aromatic nitrogens is 1. The van der Waals surface area contributed by atoms with Crippen LogP contribution in [-0.2, 0) is 18.3 Å². The molecular weight excluding hydrogens is 299 g/mol. The van der Waals surface area contributed by atoms with Crippen molar-refractivity contribution in [2.24, 2.45) is 7.05 Å². The molecule has 0 bridgehead atoms. The lowest BCUT2D eigenvalue weighted by molar-refractivity contribution is -0.116. The van der Waals surface area contributed by atoms with Gasteiger partial charge in [-0.05, 0) is 36.2 Å². The molecule has 0 saturated heterocycles. The van der Waals surface area contributed by atoms with Gasteiger partial charge in [-0.3, -0.25) is 9.36 Å². The summed E-state index contributed by atoms with van der Waals surface area (Å²) in [6.07, 6.45) is 0.696. The molecule has 1 N–H and O–H groups in total. The van der Waals surface area contributed by atoms with Crippen LogP contribution in [0.1, 0.15) is 12.0 Å². The van der Waals surface area contributed by atoms with E-state index in [1.54, 1.807) is 25.2 Å². The first-order chi connectivity index (χ1) is 11.0. The number of carbonyl (C=O) groups is 1. The van der Waals surface area contributed by atoms with Crippen molar-refractivity contribution in [1.29, 1.82) is 0 Å². The molecule has 0 spiro atoms. The van der Waals surface area contributed by atoms with Crippen LogP contribution >= 0.6 is 0 Å². The molecule has 0 fully saturated rings. The molecule has 5 nitrogen and oxygen atoms in total. The molecule has 0 radical (unpaired) electrons. The Morgan fingerprint density at radius 3 is 2.83 bits per heavy atom. The molecule has 6 heteroatoms. The third-order valence-corrected chi connectivity index (χ3v) is 3.64. The average Bonchev–Trinajstić information content (AvgIpc) is 2.82. The Bertz CT molecular complexity index is 927. The van der Waals surface area contributed by atoms with Crippen LogP contribution in [0.25, 0.3) is 11.1 Å². The van der Waals surface area contributed by atoms with Crippen molar-refractivity contribution in [3.05, 3.63) is 64.4 Å². The topological polar surface area (TPSA) is 64.2 Å². The Morgan fingerprint density at radius 2 is 2.04 bits per heavy atom. The minimum absolute atomic E-state index is 0.171. The van der Waals surface area contributed by atoms with E-state index in [1.165, 1.54) is 16.7 Å². The number of nitrogens with one attached hydrogen (secondary N) is 1. The molecule has 0 saturated carbocycles. The smallest absolute Gasteiger partial charge is 0.408 e. The molecule has 0 aliphatic heterocycles. The summed E-state index contributed by atoms with van der Waals surface area (Å²) in [4.78, 5) is 23.4. The van der Waals surface area contributed by atoms with Crippen LogP contribution in [0.3, 0.4) is 0 Å². The zero-order chi connectivity index (χ0) is 16.4. The monoisotopic (exact) mass is 314 g/mol. The Kier molecular flexibility index (Phi) is 3.97. The molecule has 2 aromatic carbocycles.